The number of nitrogens with zero attached hydrogens (tertiary/aromatic N) is 6. The molecule has 0 saturated carbocycles. The molecular weight excluding hydrogens is 374 g/mol. The van der Waals surface area contributed by atoms with Crippen LogP contribution in [0, 0.1) is 0 Å². The van der Waals surface area contributed by atoms with Gasteiger partial charge in [0.1, 0.15) is 11.6 Å². The first-order valence-corrected chi connectivity index (χ1v) is 9.09. The van der Waals surface area contributed by atoms with Crippen LogP contribution < -0.4 is 5.32 Å². The molecule has 8 nitrogen and oxygen atoms in total. The number of hydrogen-bond acceptors (Lipinski definition) is 6. The molecule has 3 heterocycles. The van der Waals surface area contributed by atoms with Gasteiger partial charge in [-0.25, -0.2) is 4.98 Å². The van der Waals surface area contributed by atoms with Crippen molar-refractivity contribution in [2.24, 2.45) is 0 Å². The maximum absolute atomic E-state index is 12.1. The summed E-state index contributed by atoms with van der Waals surface area (Å²) < 4.78 is 4.21. The third-order valence-corrected chi connectivity index (χ3v) is 4.97. The second-order valence-electron chi connectivity index (χ2n) is 5.57. The van der Waals surface area contributed by atoms with Crippen LogP contribution in [0.25, 0.3) is 20.8 Å². The van der Waals surface area contributed by atoms with Gasteiger partial charge in [-0.1, -0.05) is 16.8 Å². The van der Waals surface area contributed by atoms with Crippen molar-refractivity contribution in [2.75, 3.05) is 5.32 Å². The number of thiazole rings is 1. The van der Waals surface area contributed by atoms with E-state index in [0.717, 1.165) is 20.8 Å². The first-order valence-electron chi connectivity index (χ1n) is 7.89. The number of nitrogens with one attached hydrogen (secondary N) is 1. The molecule has 132 valence electrons. The number of hydrogen-bond donors (Lipinski definition) is 1. The molecule has 0 spiro atoms. The van der Waals surface area contributed by atoms with E-state index in [2.05, 4.69) is 25.7 Å². The Hall–Kier alpha value is -2.78. The molecule has 0 fully saturated rings. The SMILES string of the molecule is CCn1cc(NC(=O)Cn2cc(-c3nc4ccc(Cl)cc4s3)cn2)nn1. The van der Waals surface area contributed by atoms with E-state index < -0.39 is 0 Å². The highest BCUT2D eigenvalue weighted by molar-refractivity contribution is 7.21. The van der Waals surface area contributed by atoms with Gasteiger partial charge in [0.05, 0.1) is 22.6 Å². The maximum Gasteiger partial charge on any atom is 0.247 e. The first kappa shape index (κ1) is 16.7. The molecule has 10 heteroatoms. The van der Waals surface area contributed by atoms with Crippen LogP contribution in [0.5, 0.6) is 0 Å². The van der Waals surface area contributed by atoms with E-state index in [9.17, 15) is 4.79 Å². The van der Waals surface area contributed by atoms with Gasteiger partial charge in [-0.2, -0.15) is 5.10 Å². The van der Waals surface area contributed by atoms with E-state index in [-0.39, 0.29) is 12.5 Å². The minimum Gasteiger partial charge on any atom is -0.306 e. The van der Waals surface area contributed by atoms with Crippen molar-refractivity contribution in [3.63, 3.8) is 0 Å². The van der Waals surface area contributed by atoms with Gasteiger partial charge in [0.2, 0.25) is 5.91 Å². The number of carbonyl (C=O) groups is 1. The van der Waals surface area contributed by atoms with E-state index in [1.54, 1.807) is 28.0 Å². The molecule has 0 aliphatic rings. The Morgan fingerprint density at radius 2 is 2.19 bits per heavy atom. The summed E-state index contributed by atoms with van der Waals surface area (Å²) in [7, 11) is 0. The first-order chi connectivity index (χ1) is 12.6. The monoisotopic (exact) mass is 387 g/mol. The predicted octanol–water partition coefficient (Wildman–Crippen LogP) is 3.06. The third-order valence-electron chi connectivity index (χ3n) is 3.67. The topological polar surface area (TPSA) is 90.5 Å². The molecule has 26 heavy (non-hydrogen) atoms. The molecular formula is C16H14ClN7OS. The molecule has 3 aromatic heterocycles. The number of rotatable bonds is 5. The van der Waals surface area contributed by atoms with Crippen LogP contribution in [-0.4, -0.2) is 35.7 Å². The molecule has 0 saturated heterocycles. The van der Waals surface area contributed by atoms with Crippen molar-refractivity contribution in [1.82, 2.24) is 29.8 Å². The van der Waals surface area contributed by atoms with Crippen molar-refractivity contribution in [3.05, 3.63) is 41.8 Å². The lowest BCUT2D eigenvalue weighted by Crippen LogP contribution is -2.19. The Morgan fingerprint density at radius 1 is 1.31 bits per heavy atom. The minimum absolute atomic E-state index is 0.0791. The van der Waals surface area contributed by atoms with Gasteiger partial charge in [0, 0.05) is 23.3 Å². The van der Waals surface area contributed by atoms with Gasteiger partial charge >= 0.3 is 0 Å². The zero-order chi connectivity index (χ0) is 18.1. The molecule has 0 aliphatic heterocycles. The van der Waals surface area contributed by atoms with Crippen molar-refractivity contribution in [1.29, 1.82) is 0 Å². The lowest BCUT2D eigenvalue weighted by Gasteiger charge is -2.01. The number of fused-ring (bicyclic) bond motifs is 1. The quantitative estimate of drug-likeness (QED) is 0.568. The fourth-order valence-corrected chi connectivity index (χ4v) is 3.64. The molecule has 1 amide bonds. The molecule has 0 atom stereocenters. The van der Waals surface area contributed by atoms with Gasteiger partial charge in [-0.3, -0.25) is 14.2 Å². The number of carbonyl (C=O) groups excluding carboxylic acids is 1. The minimum atomic E-state index is -0.223. The summed E-state index contributed by atoms with van der Waals surface area (Å²) in [5, 5.41) is 16.2. The fraction of sp³-hybridized carbons (Fsp3) is 0.188. The van der Waals surface area contributed by atoms with E-state index in [0.29, 0.717) is 17.4 Å². The molecule has 4 rings (SSSR count). The van der Waals surface area contributed by atoms with E-state index in [1.165, 1.54) is 11.3 Å². The summed E-state index contributed by atoms with van der Waals surface area (Å²) in [6.07, 6.45) is 5.17. The number of anilines is 1. The van der Waals surface area contributed by atoms with E-state index >= 15 is 0 Å². The summed E-state index contributed by atoms with van der Waals surface area (Å²) >= 11 is 7.55. The zero-order valence-corrected chi connectivity index (χ0v) is 15.3. The highest BCUT2D eigenvalue weighted by atomic mass is 35.5. The van der Waals surface area contributed by atoms with Crippen LogP contribution in [0.2, 0.25) is 5.02 Å². The van der Waals surface area contributed by atoms with Gasteiger partial charge in [0.25, 0.3) is 0 Å². The second kappa shape index (κ2) is 6.85. The second-order valence-corrected chi connectivity index (χ2v) is 7.03. The molecule has 4 aromatic rings. The zero-order valence-electron chi connectivity index (χ0n) is 13.8. The lowest BCUT2D eigenvalue weighted by atomic mass is 10.3. The Kier molecular flexibility index (Phi) is 4.39. The van der Waals surface area contributed by atoms with Crippen LogP contribution in [0.15, 0.2) is 36.8 Å². The van der Waals surface area contributed by atoms with E-state index in [4.69, 9.17) is 11.6 Å². The van der Waals surface area contributed by atoms with Crippen LogP contribution in [-0.2, 0) is 17.9 Å². The van der Waals surface area contributed by atoms with Crippen molar-refractivity contribution in [3.8, 4) is 10.6 Å². The average Bonchev–Trinajstić information content (AvgIpc) is 3.33. The molecule has 0 unspecified atom stereocenters. The predicted molar refractivity (Wildman–Crippen MR) is 100 cm³/mol. The van der Waals surface area contributed by atoms with Crippen molar-refractivity contribution in [2.45, 2.75) is 20.0 Å². The Morgan fingerprint density at radius 3 is 3.00 bits per heavy atom. The Balaban J connectivity index is 1.47. The lowest BCUT2D eigenvalue weighted by molar-refractivity contribution is -0.116. The van der Waals surface area contributed by atoms with Crippen LogP contribution in [0.4, 0.5) is 5.82 Å². The fourth-order valence-electron chi connectivity index (χ4n) is 2.42. The third kappa shape index (κ3) is 3.44. The average molecular weight is 388 g/mol. The summed E-state index contributed by atoms with van der Waals surface area (Å²) in [5.74, 6) is 0.200. The van der Waals surface area contributed by atoms with Crippen LogP contribution in [0.3, 0.4) is 0 Å². The molecule has 0 aliphatic carbocycles. The Labute approximate surface area is 157 Å². The number of aromatic nitrogens is 6. The molecule has 0 bridgehead atoms. The number of benzene rings is 1. The largest absolute Gasteiger partial charge is 0.306 e. The van der Waals surface area contributed by atoms with Gasteiger partial charge in [-0.15, -0.1) is 16.4 Å². The normalized spacial score (nSPS) is 11.2. The summed E-state index contributed by atoms with van der Waals surface area (Å²) in [4.78, 5) is 16.7. The summed E-state index contributed by atoms with van der Waals surface area (Å²) in [6, 6.07) is 5.59. The standard InChI is InChI=1S/C16H14ClN7OS/c1-2-23-8-14(21-22-23)20-15(25)9-24-7-10(6-18-24)16-19-12-4-3-11(17)5-13(12)26-16/h3-8H,2,9H2,1H3,(H,20,25). The van der Waals surface area contributed by atoms with Gasteiger partial charge in [0.15, 0.2) is 5.82 Å². The summed E-state index contributed by atoms with van der Waals surface area (Å²) in [6.45, 7) is 2.72. The van der Waals surface area contributed by atoms with Crippen LogP contribution >= 0.6 is 22.9 Å². The maximum atomic E-state index is 12.1. The highest BCUT2D eigenvalue weighted by Gasteiger charge is 2.11. The number of halogens is 1. The summed E-state index contributed by atoms with van der Waals surface area (Å²) in [5.41, 5.74) is 1.74. The van der Waals surface area contributed by atoms with Gasteiger partial charge < -0.3 is 5.32 Å². The van der Waals surface area contributed by atoms with Crippen molar-refractivity contribution < 1.29 is 4.79 Å². The number of amides is 1. The number of aryl methyl sites for hydroxylation is 1. The molecule has 0 radical (unpaired) electrons. The van der Waals surface area contributed by atoms with E-state index in [1.807, 2.05) is 25.1 Å². The molecule has 1 N–H and O–H groups in total. The smallest absolute Gasteiger partial charge is 0.247 e. The highest BCUT2D eigenvalue weighted by Crippen LogP contribution is 2.31. The van der Waals surface area contributed by atoms with Crippen molar-refractivity contribution >= 4 is 44.9 Å². The Bertz CT molecular complexity index is 1080. The molecule has 1 aromatic carbocycles. The van der Waals surface area contributed by atoms with Crippen LogP contribution in [0.1, 0.15) is 6.92 Å². The van der Waals surface area contributed by atoms with Gasteiger partial charge in [-0.05, 0) is 25.1 Å².